The Bertz CT molecular complexity index is 2310. The van der Waals surface area contributed by atoms with Crippen LogP contribution in [0.3, 0.4) is 0 Å². The summed E-state index contributed by atoms with van der Waals surface area (Å²) in [5, 5.41) is 51.1. The molecule has 0 radical (unpaired) electrons. The average molecular weight is 1310 g/mol. The van der Waals surface area contributed by atoms with Gasteiger partial charge in [0.25, 0.3) is 0 Å². The molecule has 0 aliphatic carbocycles. The zero-order chi connectivity index (χ0) is 54.5. The molecule has 6 heterocycles. The zero-order valence-electron chi connectivity index (χ0n) is 42.4. The van der Waals surface area contributed by atoms with E-state index in [9.17, 15) is 45.7 Å². The minimum absolute atomic E-state index is 0.0348. The molecule has 6 fully saturated rings. The molecule has 4 unspecified atom stereocenters. The van der Waals surface area contributed by atoms with Crippen LogP contribution in [0.15, 0.2) is 60.7 Å². The molecule has 0 aromatic heterocycles. The fourth-order valence-electron chi connectivity index (χ4n) is 9.70. The second-order valence-electron chi connectivity index (χ2n) is 19.3. The Balaban J connectivity index is 0.000000193. The van der Waals surface area contributed by atoms with Crippen LogP contribution in [0.4, 0.5) is 0 Å². The molecule has 0 spiro atoms. The Hall–Kier alpha value is -0.752. The van der Waals surface area contributed by atoms with Gasteiger partial charge in [0.05, 0.1) is 13.2 Å². The molecule has 74 heavy (non-hydrogen) atoms. The molecule has 6 aliphatic heterocycles. The van der Waals surface area contributed by atoms with Crippen molar-refractivity contribution in [2.75, 3.05) is 33.0 Å². The van der Waals surface area contributed by atoms with Crippen LogP contribution in [0.2, 0.25) is 41.0 Å². The third-order valence-corrected chi connectivity index (χ3v) is 34.2. The monoisotopic (exact) mass is 1310 g/mol. The van der Waals surface area contributed by atoms with Gasteiger partial charge in [-0.15, -0.1) is 0 Å². The van der Waals surface area contributed by atoms with E-state index in [4.69, 9.17) is 41.5 Å². The largest absolute Gasteiger partial charge is 0.400 e. The van der Waals surface area contributed by atoms with Crippen LogP contribution in [0.5, 0.6) is 0 Å². The summed E-state index contributed by atoms with van der Waals surface area (Å²) in [6.45, 7) is 13.1. The molecule has 21 nitrogen and oxygen atoms in total. The first-order chi connectivity index (χ1) is 34.9. The van der Waals surface area contributed by atoms with Crippen molar-refractivity contribution in [2.45, 2.75) is 157 Å². The van der Waals surface area contributed by atoms with Crippen molar-refractivity contribution in [3.8, 4) is 0 Å². The Morgan fingerprint density at radius 3 is 1.88 bits per heavy atom. The summed E-state index contributed by atoms with van der Waals surface area (Å²) >= 11 is -2.30. The van der Waals surface area contributed by atoms with Gasteiger partial charge < -0.3 is 9.47 Å². The normalized spacial score (nSPS) is 37.6. The van der Waals surface area contributed by atoms with Crippen LogP contribution in [-0.2, 0) is 66.9 Å². The van der Waals surface area contributed by atoms with Gasteiger partial charge in [-0.25, -0.2) is 8.37 Å². The van der Waals surface area contributed by atoms with Crippen molar-refractivity contribution in [3.05, 3.63) is 71.8 Å². The number of rotatable bonds is 15. The first-order valence-electron chi connectivity index (χ1n) is 24.8. The Labute approximate surface area is 451 Å². The Morgan fingerprint density at radius 2 is 1.36 bits per heavy atom. The van der Waals surface area contributed by atoms with Crippen molar-refractivity contribution < 1.29 is 95.6 Å². The molecule has 2 aromatic carbocycles. The maximum atomic E-state index is 11.3. The number of hydrogen-bond acceptors (Lipinski definition) is 19. The fraction of sp³-hybridized carbons (Fsp3) is 0.745. The number of aliphatic hydroxyl groups is 5. The summed E-state index contributed by atoms with van der Waals surface area (Å²) in [5.41, 5.74) is 1.78. The molecule has 428 valence electrons. The second kappa shape index (κ2) is 29.6. The topological polar surface area (TPSA) is 318 Å². The summed E-state index contributed by atoms with van der Waals surface area (Å²) in [5.74, 6) is 3.44. The number of fused-ring (bicyclic) bond motifs is 1. The van der Waals surface area contributed by atoms with Gasteiger partial charge in [0, 0.05) is 5.56 Å². The SMILES string of the molecule is CC[C@@H]1[C@@H](C)[C@H](C)C[SeH]1C[C@H]1OC(c2ccccc2)OC[C@@H]1OS(=O)(=O)O.CC[C@H]1[Se]C[C@@H](C)[C@@H]1C.O=S(=O)(O)O[C@@H](CO)[C@H](O)C[SeH]1C[C@@H](O)[C@H](O)[C@H]1CO.O=S1(=O)OC[C@H]2OC(c3ccccc3)OC[C@@H]2O1. The molecular weight excluding hydrogens is 1230 g/mol. The van der Waals surface area contributed by atoms with E-state index >= 15 is 0 Å². The minimum Gasteiger partial charge on any atom is -0.346 e. The fourth-order valence-corrected chi connectivity index (χ4v) is 29.7. The minimum atomic E-state index is -4.81. The van der Waals surface area contributed by atoms with Crippen LogP contribution < -0.4 is 0 Å². The standard InChI is InChI=1S/C19H30O6SSe.C11H12O6S.C9H20O9SSe.C8H16Se/c1-4-18-14(3)13(2)11-27(18)12-17-16(25-26(20,21)22)10-23-19(24-17)15-8-6-5-7-9-15;12-18(13)15-7-9-10(17-18)6-14-11(16-9)8-4-2-1-3-5-8;10-1-7(18-19(15,16)17)5(12)3-20-4-6(13)9(14)8(20)2-11;1-4-8-7(3)6(2)5-9-8/h5-9,13-14,16-19,27H,4,10-12H2,1-3H3,(H,20,21,22);1-5,9-11H,6-7H2;5-14,20H,1-4H2,(H,15,16,17);6-8H,4-5H2,1-3H3/t13-,14+,16+,17-,18-,19?;9-,10+,11?;5-,6-,7+,8-,9+;6-,7+,8-/m1111/s1. The van der Waals surface area contributed by atoms with E-state index in [1.54, 1.807) is 0 Å². The molecule has 19 atom stereocenters. The van der Waals surface area contributed by atoms with Crippen molar-refractivity contribution in [3.63, 3.8) is 0 Å². The van der Waals surface area contributed by atoms with Gasteiger partial charge in [-0.3, -0.25) is 0 Å². The zero-order valence-corrected chi connectivity index (χ0v) is 50.4. The molecule has 0 amide bonds. The van der Waals surface area contributed by atoms with Crippen LogP contribution in [-0.4, -0.2) is 185 Å². The van der Waals surface area contributed by atoms with Crippen LogP contribution >= 0.6 is 0 Å². The summed E-state index contributed by atoms with van der Waals surface area (Å²) < 4.78 is 125. The molecule has 27 heteroatoms. The van der Waals surface area contributed by atoms with Gasteiger partial charge in [-0.2, -0.15) is 8.42 Å². The van der Waals surface area contributed by atoms with E-state index in [-0.39, 0.29) is 37.1 Å². The second-order valence-corrected chi connectivity index (χ2v) is 36.1. The van der Waals surface area contributed by atoms with Crippen molar-refractivity contribution in [1.82, 2.24) is 0 Å². The van der Waals surface area contributed by atoms with Gasteiger partial charge in [0.2, 0.25) is 0 Å². The molecule has 8 rings (SSSR count). The predicted molar refractivity (Wildman–Crippen MR) is 277 cm³/mol. The van der Waals surface area contributed by atoms with Gasteiger partial charge in [-0.05, 0) is 0 Å². The molecule has 7 N–H and O–H groups in total. The summed E-state index contributed by atoms with van der Waals surface area (Å²) in [7, 11) is -13.3. The van der Waals surface area contributed by atoms with E-state index in [1.165, 1.54) is 17.1 Å². The van der Waals surface area contributed by atoms with Crippen LogP contribution in [0.1, 0.15) is 78.1 Å². The molecule has 6 saturated heterocycles. The molecular formula is C47H78O21S3Se3. The van der Waals surface area contributed by atoms with Crippen LogP contribution in [0.25, 0.3) is 0 Å². The number of ether oxygens (including phenoxy) is 4. The van der Waals surface area contributed by atoms with Gasteiger partial charge in [-0.1, -0.05) is 30.3 Å². The molecule has 0 bridgehead atoms. The summed E-state index contributed by atoms with van der Waals surface area (Å²) in [6.07, 6.45) is -5.69. The Kier molecular flexibility index (Phi) is 25.7. The first kappa shape index (κ1) is 64.1. The average Bonchev–Trinajstić information content (AvgIpc) is 3.94. The summed E-state index contributed by atoms with van der Waals surface area (Å²) in [4.78, 5) is 1.31. The molecule has 2 aromatic rings. The first-order valence-corrected chi connectivity index (χ1v) is 38.5. The van der Waals surface area contributed by atoms with Crippen molar-refractivity contribution in [1.29, 1.82) is 0 Å². The number of benzene rings is 2. The third-order valence-electron chi connectivity index (χ3n) is 14.2. The van der Waals surface area contributed by atoms with Crippen LogP contribution in [0, 0.1) is 23.7 Å². The number of aliphatic hydroxyl groups excluding tert-OH is 5. The van der Waals surface area contributed by atoms with Crippen molar-refractivity contribution in [2.24, 2.45) is 23.7 Å². The van der Waals surface area contributed by atoms with E-state index in [1.807, 2.05) is 60.7 Å². The van der Waals surface area contributed by atoms with E-state index in [0.29, 0.717) is 11.8 Å². The smallest absolute Gasteiger partial charge is 0.346 e. The van der Waals surface area contributed by atoms with Gasteiger partial charge in [0.15, 0.2) is 6.29 Å². The van der Waals surface area contributed by atoms with E-state index in [2.05, 4.69) is 49.9 Å². The maximum Gasteiger partial charge on any atom is 0.400 e. The van der Waals surface area contributed by atoms with Gasteiger partial charge >= 0.3 is 361 Å². The molecule has 6 aliphatic rings. The number of hydrogen-bond donors (Lipinski definition) is 7. The molecule has 0 saturated carbocycles. The third kappa shape index (κ3) is 19.2. The van der Waals surface area contributed by atoms with Gasteiger partial charge in [0.1, 0.15) is 12.2 Å². The summed E-state index contributed by atoms with van der Waals surface area (Å²) in [6, 6.07) is 19.0. The van der Waals surface area contributed by atoms with E-state index < -0.39 is 132 Å². The maximum absolute atomic E-state index is 11.3. The van der Waals surface area contributed by atoms with Crippen molar-refractivity contribution >= 4 is 74.0 Å². The quantitative estimate of drug-likeness (QED) is 0.0985. The Morgan fingerprint density at radius 1 is 0.757 bits per heavy atom. The predicted octanol–water partition coefficient (Wildman–Crippen LogP) is 3.79. The van der Waals surface area contributed by atoms with E-state index in [0.717, 1.165) is 59.3 Å².